The minimum absolute atomic E-state index is 0.0140. The van der Waals surface area contributed by atoms with E-state index in [-0.39, 0.29) is 18.7 Å². The van der Waals surface area contributed by atoms with Crippen molar-refractivity contribution in [2.45, 2.75) is 12.6 Å². The van der Waals surface area contributed by atoms with Crippen molar-refractivity contribution in [2.24, 2.45) is 0 Å². The number of alkyl halides is 3. The van der Waals surface area contributed by atoms with Gasteiger partial charge in [0.2, 0.25) is 5.91 Å². The maximum atomic E-state index is 12.9. The van der Waals surface area contributed by atoms with E-state index in [0.717, 1.165) is 12.1 Å². The molecule has 0 heterocycles. The molecular weight excluding hydrogens is 347 g/mol. The summed E-state index contributed by atoms with van der Waals surface area (Å²) in [6.07, 6.45) is -4.77. The molecule has 0 aromatic heterocycles. The second-order valence-corrected chi connectivity index (χ2v) is 5.15. The Kier molecular flexibility index (Phi) is 5.82. The molecule has 2 rings (SSSR count). The molecule has 0 spiro atoms. The van der Waals surface area contributed by atoms with Crippen LogP contribution in [0.2, 0.25) is 0 Å². The van der Waals surface area contributed by atoms with E-state index in [1.807, 2.05) is 6.07 Å². The van der Waals surface area contributed by atoms with E-state index in [4.69, 9.17) is 15.3 Å². The van der Waals surface area contributed by atoms with Gasteiger partial charge in [-0.2, -0.15) is 23.7 Å². The minimum Gasteiger partial charge on any atom is -0.493 e. The lowest BCUT2D eigenvalue weighted by Crippen LogP contribution is -2.16. The van der Waals surface area contributed by atoms with Gasteiger partial charge in [0, 0.05) is 5.69 Å². The quantitative estimate of drug-likeness (QED) is 0.878. The highest BCUT2D eigenvalue weighted by Gasteiger charge is 2.33. The second kappa shape index (κ2) is 8.04. The number of nitriles is 2. The highest BCUT2D eigenvalue weighted by atomic mass is 19.4. The van der Waals surface area contributed by atoms with Crippen LogP contribution in [0.4, 0.5) is 18.9 Å². The zero-order valence-corrected chi connectivity index (χ0v) is 13.3. The highest BCUT2D eigenvalue weighted by molar-refractivity contribution is 5.91. The Morgan fingerprint density at radius 2 is 1.77 bits per heavy atom. The number of carbonyl (C=O) groups excluding carboxylic acids is 1. The normalized spacial score (nSPS) is 10.5. The Morgan fingerprint density at radius 1 is 1.08 bits per heavy atom. The molecule has 8 heteroatoms. The molecule has 0 atom stereocenters. The van der Waals surface area contributed by atoms with E-state index >= 15 is 0 Å². The SMILES string of the molecule is N#Cc1ccc(OCCC(=O)Nc2ccc(C#N)c(C(F)(F)F)c2)cc1. The van der Waals surface area contributed by atoms with E-state index in [0.29, 0.717) is 11.3 Å². The van der Waals surface area contributed by atoms with Crippen molar-refractivity contribution in [2.75, 3.05) is 11.9 Å². The van der Waals surface area contributed by atoms with Gasteiger partial charge in [-0.25, -0.2) is 0 Å². The summed E-state index contributed by atoms with van der Waals surface area (Å²) in [5.74, 6) is -0.0639. The number of ether oxygens (including phenoxy) is 1. The van der Waals surface area contributed by atoms with Gasteiger partial charge in [-0.1, -0.05) is 0 Å². The second-order valence-electron chi connectivity index (χ2n) is 5.15. The number of nitrogens with one attached hydrogen (secondary N) is 1. The van der Waals surface area contributed by atoms with Crippen molar-refractivity contribution in [1.29, 1.82) is 10.5 Å². The average molecular weight is 359 g/mol. The third-order valence-corrected chi connectivity index (χ3v) is 3.31. The Morgan fingerprint density at radius 3 is 2.35 bits per heavy atom. The van der Waals surface area contributed by atoms with Gasteiger partial charge in [0.25, 0.3) is 0 Å². The molecule has 26 heavy (non-hydrogen) atoms. The van der Waals surface area contributed by atoms with Crippen LogP contribution in [0.15, 0.2) is 42.5 Å². The molecule has 0 aliphatic heterocycles. The van der Waals surface area contributed by atoms with Gasteiger partial charge in [0.05, 0.1) is 41.9 Å². The van der Waals surface area contributed by atoms with Gasteiger partial charge >= 0.3 is 6.18 Å². The smallest absolute Gasteiger partial charge is 0.417 e. The first kappa shape index (κ1) is 18.8. The van der Waals surface area contributed by atoms with Crippen LogP contribution in [0.1, 0.15) is 23.1 Å². The maximum absolute atomic E-state index is 12.9. The van der Waals surface area contributed by atoms with Crippen LogP contribution in [-0.2, 0) is 11.0 Å². The fourth-order valence-electron chi connectivity index (χ4n) is 2.06. The number of benzene rings is 2. The van der Waals surface area contributed by atoms with Crippen molar-refractivity contribution in [3.05, 3.63) is 59.2 Å². The Bertz CT molecular complexity index is 879. The Hall–Kier alpha value is -3.52. The fourth-order valence-corrected chi connectivity index (χ4v) is 2.06. The summed E-state index contributed by atoms with van der Waals surface area (Å²) in [4.78, 5) is 11.8. The van der Waals surface area contributed by atoms with E-state index < -0.39 is 23.2 Å². The van der Waals surface area contributed by atoms with Gasteiger partial charge in [0.15, 0.2) is 0 Å². The number of carbonyl (C=O) groups is 1. The number of hydrogen-bond donors (Lipinski definition) is 1. The lowest BCUT2D eigenvalue weighted by atomic mass is 10.1. The third-order valence-electron chi connectivity index (χ3n) is 3.31. The number of hydrogen-bond acceptors (Lipinski definition) is 4. The summed E-state index contributed by atoms with van der Waals surface area (Å²) < 4.78 is 44.0. The zero-order valence-electron chi connectivity index (χ0n) is 13.3. The van der Waals surface area contributed by atoms with E-state index in [2.05, 4.69) is 5.32 Å². The molecule has 0 radical (unpaired) electrons. The first-order chi connectivity index (χ1) is 12.3. The first-order valence-electron chi connectivity index (χ1n) is 7.37. The third kappa shape index (κ3) is 4.99. The molecule has 2 aromatic carbocycles. The number of rotatable bonds is 5. The predicted octanol–water partition coefficient (Wildman–Crippen LogP) is 3.86. The van der Waals surface area contributed by atoms with Crippen LogP contribution in [0.25, 0.3) is 0 Å². The Balaban J connectivity index is 1.93. The van der Waals surface area contributed by atoms with Crippen molar-refractivity contribution >= 4 is 11.6 Å². The lowest BCUT2D eigenvalue weighted by molar-refractivity contribution is -0.137. The summed E-state index contributed by atoms with van der Waals surface area (Å²) >= 11 is 0. The number of amides is 1. The summed E-state index contributed by atoms with van der Waals surface area (Å²) in [5.41, 5.74) is -1.21. The molecular formula is C18H12F3N3O2. The van der Waals surface area contributed by atoms with E-state index in [9.17, 15) is 18.0 Å². The molecule has 0 fully saturated rings. The summed E-state index contributed by atoms with van der Waals surface area (Å²) in [7, 11) is 0. The van der Waals surface area contributed by atoms with Crippen LogP contribution in [0.3, 0.4) is 0 Å². The molecule has 132 valence electrons. The number of nitrogens with zero attached hydrogens (tertiary/aromatic N) is 2. The minimum atomic E-state index is -4.69. The monoisotopic (exact) mass is 359 g/mol. The van der Waals surface area contributed by atoms with Crippen molar-refractivity contribution < 1.29 is 22.7 Å². The first-order valence-corrected chi connectivity index (χ1v) is 7.37. The molecule has 2 aromatic rings. The molecule has 1 N–H and O–H groups in total. The fraction of sp³-hybridized carbons (Fsp3) is 0.167. The van der Waals surface area contributed by atoms with Crippen LogP contribution < -0.4 is 10.1 Å². The number of anilines is 1. The molecule has 0 unspecified atom stereocenters. The predicted molar refractivity (Wildman–Crippen MR) is 86.1 cm³/mol. The van der Waals surface area contributed by atoms with Crippen LogP contribution >= 0.6 is 0 Å². The van der Waals surface area contributed by atoms with E-state index in [1.54, 1.807) is 24.3 Å². The Labute approximate surface area is 147 Å². The molecule has 0 bridgehead atoms. The molecule has 0 aliphatic carbocycles. The van der Waals surface area contributed by atoms with Crippen molar-refractivity contribution in [3.8, 4) is 17.9 Å². The van der Waals surface area contributed by atoms with Gasteiger partial charge in [-0.05, 0) is 42.5 Å². The molecule has 1 amide bonds. The van der Waals surface area contributed by atoms with Gasteiger partial charge in [0.1, 0.15) is 5.75 Å². The molecule has 0 saturated carbocycles. The molecule has 0 aliphatic rings. The summed E-state index contributed by atoms with van der Waals surface area (Å²) in [6, 6.07) is 12.7. The van der Waals surface area contributed by atoms with Crippen molar-refractivity contribution in [3.63, 3.8) is 0 Å². The molecule has 0 saturated heterocycles. The van der Waals surface area contributed by atoms with Gasteiger partial charge < -0.3 is 10.1 Å². The van der Waals surface area contributed by atoms with Crippen LogP contribution in [-0.4, -0.2) is 12.5 Å². The summed E-state index contributed by atoms with van der Waals surface area (Å²) in [5, 5.41) is 19.8. The maximum Gasteiger partial charge on any atom is 0.417 e. The van der Waals surface area contributed by atoms with Gasteiger partial charge in [-0.15, -0.1) is 0 Å². The number of halogens is 3. The van der Waals surface area contributed by atoms with Gasteiger partial charge in [-0.3, -0.25) is 4.79 Å². The largest absolute Gasteiger partial charge is 0.493 e. The lowest BCUT2D eigenvalue weighted by Gasteiger charge is -2.12. The average Bonchev–Trinajstić information content (AvgIpc) is 2.61. The highest BCUT2D eigenvalue weighted by Crippen LogP contribution is 2.33. The summed E-state index contributed by atoms with van der Waals surface area (Å²) in [6.45, 7) is 0.0140. The standard InChI is InChI=1S/C18H12F3N3O2/c19-18(20,21)16-9-14(4-3-13(16)11-23)24-17(25)7-8-26-15-5-1-12(10-22)2-6-15/h1-6,9H,7-8H2,(H,24,25). The van der Waals surface area contributed by atoms with E-state index in [1.165, 1.54) is 12.1 Å². The van der Waals surface area contributed by atoms with Crippen LogP contribution in [0, 0.1) is 22.7 Å². The topological polar surface area (TPSA) is 85.9 Å². The molecule has 5 nitrogen and oxygen atoms in total. The van der Waals surface area contributed by atoms with Crippen molar-refractivity contribution in [1.82, 2.24) is 0 Å². The van der Waals surface area contributed by atoms with Crippen LogP contribution in [0.5, 0.6) is 5.75 Å². The zero-order chi connectivity index (χ0) is 19.2.